The van der Waals surface area contributed by atoms with E-state index >= 15 is 0 Å². The molecule has 0 bridgehead atoms. The highest BCUT2D eigenvalue weighted by Crippen LogP contribution is 2.32. The van der Waals surface area contributed by atoms with Crippen molar-refractivity contribution in [1.29, 1.82) is 0 Å². The van der Waals surface area contributed by atoms with E-state index in [1.54, 1.807) is 49.6 Å². The largest absolute Gasteiger partial charge is 0.497 e. The molecule has 6 nitrogen and oxygen atoms in total. The van der Waals surface area contributed by atoms with Crippen LogP contribution in [0.15, 0.2) is 53.1 Å². The molecule has 0 unspecified atom stereocenters. The van der Waals surface area contributed by atoms with E-state index < -0.39 is 12.0 Å². The van der Waals surface area contributed by atoms with Crippen molar-refractivity contribution in [3.05, 3.63) is 60.2 Å². The molecular formula is C18H13F3N4O2. The fourth-order valence-corrected chi connectivity index (χ4v) is 2.76. The Balaban J connectivity index is 1.69. The standard InChI is InChI=1S/C18H13F3N4O2/c1-26-12-8-6-11(7-9-12)16-23-15(27-24-16)10-25-14-5-3-2-4-13(14)22-17(25)18(19,20)21/h2-9H,10H2,1H3. The van der Waals surface area contributed by atoms with Gasteiger partial charge in [-0.25, -0.2) is 4.98 Å². The van der Waals surface area contributed by atoms with Crippen molar-refractivity contribution in [3.8, 4) is 17.1 Å². The molecule has 0 saturated carbocycles. The third-order valence-corrected chi connectivity index (χ3v) is 4.02. The maximum atomic E-state index is 13.4. The minimum absolute atomic E-state index is 0.0504. The van der Waals surface area contributed by atoms with Crippen LogP contribution in [-0.4, -0.2) is 26.8 Å². The number of hydrogen-bond donors (Lipinski definition) is 0. The first kappa shape index (κ1) is 17.1. The number of halogens is 3. The molecule has 4 aromatic rings. The average molecular weight is 374 g/mol. The number of fused-ring (bicyclic) bond motifs is 1. The molecular weight excluding hydrogens is 361 g/mol. The number of methoxy groups -OCH3 is 1. The van der Waals surface area contributed by atoms with Crippen molar-refractivity contribution in [3.63, 3.8) is 0 Å². The third-order valence-electron chi connectivity index (χ3n) is 4.02. The molecule has 0 amide bonds. The van der Waals surface area contributed by atoms with Crippen LogP contribution >= 0.6 is 0 Å². The molecule has 0 saturated heterocycles. The number of rotatable bonds is 4. The molecule has 9 heteroatoms. The Kier molecular flexibility index (Phi) is 4.06. The van der Waals surface area contributed by atoms with Crippen LogP contribution in [0.4, 0.5) is 13.2 Å². The highest BCUT2D eigenvalue weighted by Gasteiger charge is 2.38. The van der Waals surface area contributed by atoms with E-state index in [9.17, 15) is 13.2 Å². The lowest BCUT2D eigenvalue weighted by atomic mass is 10.2. The van der Waals surface area contributed by atoms with Crippen molar-refractivity contribution >= 4 is 11.0 Å². The minimum atomic E-state index is -4.60. The summed E-state index contributed by atoms with van der Waals surface area (Å²) in [6, 6.07) is 13.3. The van der Waals surface area contributed by atoms with Gasteiger partial charge in [0.1, 0.15) is 12.3 Å². The topological polar surface area (TPSA) is 66.0 Å². The zero-order chi connectivity index (χ0) is 19.0. The number of ether oxygens (including phenoxy) is 1. The van der Waals surface area contributed by atoms with Gasteiger partial charge in [0, 0.05) is 5.56 Å². The quantitative estimate of drug-likeness (QED) is 0.537. The van der Waals surface area contributed by atoms with Crippen LogP contribution in [0.3, 0.4) is 0 Å². The van der Waals surface area contributed by atoms with Gasteiger partial charge in [-0.15, -0.1) is 0 Å². The van der Waals surface area contributed by atoms with Gasteiger partial charge >= 0.3 is 6.18 Å². The number of imidazole rings is 1. The van der Waals surface area contributed by atoms with Gasteiger partial charge in [-0.3, -0.25) is 0 Å². The molecule has 4 rings (SSSR count). The Morgan fingerprint density at radius 2 is 1.78 bits per heavy atom. The molecule has 0 N–H and O–H groups in total. The Labute approximate surface area is 151 Å². The van der Waals surface area contributed by atoms with Gasteiger partial charge in [0.15, 0.2) is 0 Å². The lowest BCUT2D eigenvalue weighted by Gasteiger charge is -2.08. The number of benzene rings is 2. The van der Waals surface area contributed by atoms with Crippen molar-refractivity contribution < 1.29 is 22.4 Å². The van der Waals surface area contributed by atoms with Crippen LogP contribution in [0.25, 0.3) is 22.4 Å². The van der Waals surface area contributed by atoms with Gasteiger partial charge in [0.05, 0.1) is 18.1 Å². The number of para-hydroxylation sites is 2. The van der Waals surface area contributed by atoms with Crippen LogP contribution in [0.5, 0.6) is 5.75 Å². The van der Waals surface area contributed by atoms with Crippen molar-refractivity contribution in [2.45, 2.75) is 12.7 Å². The number of aromatic nitrogens is 4. The number of nitrogens with zero attached hydrogens (tertiary/aromatic N) is 4. The summed E-state index contributed by atoms with van der Waals surface area (Å²) in [5.74, 6) is -0.00447. The molecule has 0 aliphatic rings. The number of hydrogen-bond acceptors (Lipinski definition) is 5. The fourth-order valence-electron chi connectivity index (χ4n) is 2.76. The summed E-state index contributed by atoms with van der Waals surface area (Å²) in [6.07, 6.45) is -4.60. The second-order valence-corrected chi connectivity index (χ2v) is 5.75. The molecule has 0 aliphatic heterocycles. The van der Waals surface area contributed by atoms with Gasteiger partial charge in [-0.05, 0) is 36.4 Å². The van der Waals surface area contributed by atoms with Gasteiger partial charge in [-0.2, -0.15) is 18.2 Å². The molecule has 0 atom stereocenters. The third kappa shape index (κ3) is 3.23. The average Bonchev–Trinajstić information content (AvgIpc) is 3.27. The van der Waals surface area contributed by atoms with Crippen LogP contribution in [0, 0.1) is 0 Å². The van der Waals surface area contributed by atoms with Crippen molar-refractivity contribution in [2.24, 2.45) is 0 Å². The van der Waals surface area contributed by atoms with Crippen LogP contribution in [-0.2, 0) is 12.7 Å². The molecule has 0 spiro atoms. The highest BCUT2D eigenvalue weighted by molar-refractivity contribution is 5.76. The normalized spacial score (nSPS) is 11.9. The maximum Gasteiger partial charge on any atom is 0.449 e. The molecule has 0 aliphatic carbocycles. The maximum absolute atomic E-state index is 13.4. The first-order valence-corrected chi connectivity index (χ1v) is 7.95. The SMILES string of the molecule is COc1ccc(-c2noc(Cn3c(C(F)(F)F)nc4ccccc43)n2)cc1. The fraction of sp³-hybridized carbons (Fsp3) is 0.167. The predicted molar refractivity (Wildman–Crippen MR) is 90.1 cm³/mol. The number of alkyl halides is 3. The van der Waals surface area contributed by atoms with Crippen LogP contribution in [0.1, 0.15) is 11.7 Å². The first-order valence-electron chi connectivity index (χ1n) is 7.95. The van der Waals surface area contributed by atoms with E-state index in [1.165, 1.54) is 6.07 Å². The van der Waals surface area contributed by atoms with E-state index in [2.05, 4.69) is 15.1 Å². The Morgan fingerprint density at radius 3 is 2.48 bits per heavy atom. The Morgan fingerprint density at radius 1 is 1.04 bits per heavy atom. The summed E-state index contributed by atoms with van der Waals surface area (Å²) in [4.78, 5) is 7.90. The zero-order valence-electron chi connectivity index (χ0n) is 14.1. The minimum Gasteiger partial charge on any atom is -0.497 e. The Hall–Kier alpha value is -3.36. The van der Waals surface area contributed by atoms with Gasteiger partial charge in [-0.1, -0.05) is 17.3 Å². The Bertz CT molecular complexity index is 1080. The van der Waals surface area contributed by atoms with E-state index in [0.717, 1.165) is 4.57 Å². The summed E-state index contributed by atoms with van der Waals surface area (Å²) >= 11 is 0. The smallest absolute Gasteiger partial charge is 0.449 e. The van der Waals surface area contributed by atoms with E-state index in [-0.39, 0.29) is 23.8 Å². The molecule has 0 fully saturated rings. The summed E-state index contributed by atoms with van der Waals surface area (Å²) in [5, 5.41) is 3.85. The lowest BCUT2D eigenvalue weighted by Crippen LogP contribution is -2.15. The van der Waals surface area contributed by atoms with E-state index in [4.69, 9.17) is 9.26 Å². The van der Waals surface area contributed by atoms with E-state index in [0.29, 0.717) is 16.8 Å². The van der Waals surface area contributed by atoms with Crippen molar-refractivity contribution in [2.75, 3.05) is 7.11 Å². The monoisotopic (exact) mass is 374 g/mol. The molecule has 2 heterocycles. The van der Waals surface area contributed by atoms with Crippen LogP contribution in [0.2, 0.25) is 0 Å². The molecule has 138 valence electrons. The molecule has 2 aromatic heterocycles. The lowest BCUT2D eigenvalue weighted by molar-refractivity contribution is -0.146. The summed E-state index contributed by atoms with van der Waals surface area (Å²) in [5.41, 5.74) is 1.26. The first-order chi connectivity index (χ1) is 13.0. The predicted octanol–water partition coefficient (Wildman–Crippen LogP) is 4.16. The molecule has 2 aromatic carbocycles. The molecule has 0 radical (unpaired) electrons. The van der Waals surface area contributed by atoms with Gasteiger partial charge < -0.3 is 13.8 Å². The second-order valence-electron chi connectivity index (χ2n) is 5.75. The summed E-state index contributed by atoms with van der Waals surface area (Å²) in [7, 11) is 1.55. The van der Waals surface area contributed by atoms with E-state index in [1.807, 2.05) is 0 Å². The van der Waals surface area contributed by atoms with Gasteiger partial charge in [0.25, 0.3) is 0 Å². The van der Waals surface area contributed by atoms with Crippen LogP contribution < -0.4 is 4.74 Å². The second kappa shape index (κ2) is 6.42. The zero-order valence-corrected chi connectivity index (χ0v) is 14.1. The summed E-state index contributed by atoms with van der Waals surface area (Å²) in [6.45, 7) is -0.238. The highest BCUT2D eigenvalue weighted by atomic mass is 19.4. The molecule has 27 heavy (non-hydrogen) atoms. The van der Waals surface area contributed by atoms with Gasteiger partial charge in [0.2, 0.25) is 17.5 Å². The van der Waals surface area contributed by atoms with Crippen molar-refractivity contribution in [1.82, 2.24) is 19.7 Å². The summed E-state index contributed by atoms with van der Waals surface area (Å²) < 4.78 is 51.4.